The molecule has 0 heterocycles. The molecule has 0 aliphatic carbocycles. The average molecular weight is 311 g/mol. The molecule has 1 unspecified atom stereocenters. The van der Waals surface area contributed by atoms with Gasteiger partial charge in [0.05, 0.1) is 20.9 Å². The van der Waals surface area contributed by atoms with Gasteiger partial charge in [-0.2, -0.15) is 9.66 Å². The number of nitriles is 1. The highest BCUT2D eigenvalue weighted by Gasteiger charge is 2.22. The molecule has 0 saturated heterocycles. The molecule has 0 fully saturated rings. The summed E-state index contributed by atoms with van der Waals surface area (Å²) in [7, 11) is -1.63. The van der Waals surface area contributed by atoms with E-state index in [4.69, 9.17) is 5.26 Å². The van der Waals surface area contributed by atoms with Gasteiger partial charge in [0.25, 0.3) is 5.69 Å². The lowest BCUT2D eigenvalue weighted by Crippen LogP contribution is -2.21. The summed E-state index contributed by atoms with van der Waals surface area (Å²) in [5.41, 5.74) is -1.02. The van der Waals surface area contributed by atoms with Gasteiger partial charge in [0.2, 0.25) is 0 Å². The first-order chi connectivity index (χ1) is 9.57. The lowest BCUT2D eigenvalue weighted by molar-refractivity contribution is -0.384. The Morgan fingerprint density at radius 3 is 2.48 bits per heavy atom. The molecule has 0 radical (unpaired) electrons. The topological polar surface area (TPSA) is 96.4 Å². The standard InChI is InChI=1S/C13H14FN3O3S/c1-8(16-21(20)13(2,3)4)11-6-10(17(18)19)5-9(7-15)12(11)14/h5-6H,1-4H3. The maximum Gasteiger partial charge on any atom is 0.271 e. The van der Waals surface area contributed by atoms with E-state index in [0.717, 1.165) is 12.1 Å². The minimum absolute atomic E-state index is 0.0426. The van der Waals surface area contributed by atoms with Crippen LogP contribution in [0.2, 0.25) is 0 Å². The zero-order chi connectivity index (χ0) is 16.4. The third kappa shape index (κ3) is 3.92. The van der Waals surface area contributed by atoms with E-state index in [1.807, 2.05) is 0 Å². The number of hydrogen-bond donors (Lipinski definition) is 0. The molecule has 0 spiro atoms. The number of rotatable bonds is 3. The largest absolute Gasteiger partial charge is 0.271 e. The predicted octanol–water partition coefficient (Wildman–Crippen LogP) is 2.88. The average Bonchev–Trinajstić information content (AvgIpc) is 2.37. The Morgan fingerprint density at radius 2 is 2.05 bits per heavy atom. The fourth-order valence-corrected chi connectivity index (χ4v) is 1.99. The molecule has 0 saturated carbocycles. The molecule has 1 rings (SSSR count). The number of non-ortho nitro benzene ring substituents is 1. The summed E-state index contributed by atoms with van der Waals surface area (Å²) in [4.78, 5) is 10.1. The van der Waals surface area contributed by atoms with Crippen LogP contribution in [0.4, 0.5) is 10.1 Å². The van der Waals surface area contributed by atoms with Crippen molar-refractivity contribution in [2.24, 2.45) is 4.40 Å². The van der Waals surface area contributed by atoms with Gasteiger partial charge >= 0.3 is 0 Å². The quantitative estimate of drug-likeness (QED) is 0.487. The highest BCUT2D eigenvalue weighted by Crippen LogP contribution is 2.23. The van der Waals surface area contributed by atoms with Crippen LogP contribution in [0.5, 0.6) is 0 Å². The Kier molecular flexibility index (Phi) is 4.91. The van der Waals surface area contributed by atoms with Crippen LogP contribution in [-0.4, -0.2) is 19.6 Å². The number of nitro benzene ring substituents is 1. The van der Waals surface area contributed by atoms with Crippen molar-refractivity contribution in [1.82, 2.24) is 0 Å². The first-order valence-electron chi connectivity index (χ1n) is 5.93. The number of nitrogens with zero attached hydrogens (tertiary/aromatic N) is 3. The van der Waals surface area contributed by atoms with Crippen molar-refractivity contribution in [2.45, 2.75) is 32.4 Å². The first kappa shape index (κ1) is 16.9. The monoisotopic (exact) mass is 311 g/mol. The smallest absolute Gasteiger partial charge is 0.258 e. The normalized spacial score (nSPS) is 13.6. The summed E-state index contributed by atoms with van der Waals surface area (Å²) >= 11 is 0. The SMILES string of the molecule is CC(=NS(=O)C(C)(C)C)c1cc([N+](=O)[O-])cc(C#N)c1F. The summed E-state index contributed by atoms with van der Waals surface area (Å²) in [5, 5.41) is 19.6. The molecule has 0 aromatic heterocycles. The van der Waals surface area contributed by atoms with Crippen molar-refractivity contribution >= 4 is 22.4 Å². The second kappa shape index (κ2) is 6.10. The van der Waals surface area contributed by atoms with Gasteiger partial charge in [-0.3, -0.25) is 10.1 Å². The van der Waals surface area contributed by atoms with E-state index in [-0.39, 0.29) is 11.3 Å². The van der Waals surface area contributed by atoms with Crippen LogP contribution in [0.3, 0.4) is 0 Å². The molecule has 1 aromatic carbocycles. The number of halogens is 1. The molecule has 0 aliphatic heterocycles. The van der Waals surface area contributed by atoms with Crippen LogP contribution in [0, 0.1) is 27.3 Å². The van der Waals surface area contributed by atoms with Crippen molar-refractivity contribution in [3.05, 3.63) is 39.2 Å². The van der Waals surface area contributed by atoms with Crippen LogP contribution < -0.4 is 0 Å². The van der Waals surface area contributed by atoms with Crippen LogP contribution >= 0.6 is 0 Å². The van der Waals surface area contributed by atoms with Gasteiger partial charge in [0, 0.05) is 17.7 Å². The third-order valence-corrected chi connectivity index (χ3v) is 4.01. The van der Waals surface area contributed by atoms with Gasteiger partial charge in [-0.05, 0) is 27.7 Å². The summed E-state index contributed by atoms with van der Waals surface area (Å²) in [6.07, 6.45) is 0. The van der Waals surface area contributed by atoms with Crippen molar-refractivity contribution in [1.29, 1.82) is 5.26 Å². The zero-order valence-electron chi connectivity index (χ0n) is 12.0. The van der Waals surface area contributed by atoms with Gasteiger partial charge in [0.15, 0.2) is 5.82 Å². The first-order valence-corrected chi connectivity index (χ1v) is 7.04. The molecule has 6 nitrogen and oxygen atoms in total. The van der Waals surface area contributed by atoms with E-state index >= 15 is 0 Å². The molecule has 0 aliphatic rings. The van der Waals surface area contributed by atoms with Crippen molar-refractivity contribution in [2.75, 3.05) is 0 Å². The minimum atomic E-state index is -1.63. The second-order valence-corrected chi connectivity index (χ2v) is 7.17. The molecular formula is C13H14FN3O3S. The fraction of sp³-hybridized carbons (Fsp3) is 0.385. The molecule has 0 amide bonds. The van der Waals surface area contributed by atoms with Crippen LogP contribution in [-0.2, 0) is 11.0 Å². The zero-order valence-corrected chi connectivity index (χ0v) is 12.8. The van der Waals surface area contributed by atoms with E-state index in [1.54, 1.807) is 26.8 Å². The van der Waals surface area contributed by atoms with Gasteiger partial charge in [-0.1, -0.05) is 0 Å². The van der Waals surface area contributed by atoms with E-state index in [1.165, 1.54) is 6.92 Å². The van der Waals surface area contributed by atoms with Crippen LogP contribution in [0.25, 0.3) is 0 Å². The lowest BCUT2D eigenvalue weighted by Gasteiger charge is -2.14. The van der Waals surface area contributed by atoms with Gasteiger partial charge < -0.3 is 0 Å². The van der Waals surface area contributed by atoms with Crippen molar-refractivity contribution < 1.29 is 13.5 Å². The number of benzene rings is 1. The van der Waals surface area contributed by atoms with E-state index in [9.17, 15) is 18.7 Å². The lowest BCUT2D eigenvalue weighted by atomic mass is 10.1. The number of hydrogen-bond acceptors (Lipinski definition) is 4. The molecule has 0 bridgehead atoms. The molecule has 1 aromatic rings. The minimum Gasteiger partial charge on any atom is -0.258 e. The summed E-state index contributed by atoms with van der Waals surface area (Å²) in [6.45, 7) is 6.49. The van der Waals surface area contributed by atoms with Crippen molar-refractivity contribution in [3.8, 4) is 6.07 Å². The Bertz CT molecular complexity index is 687. The molecule has 0 N–H and O–H groups in total. The second-order valence-electron chi connectivity index (χ2n) is 5.26. The summed E-state index contributed by atoms with van der Waals surface area (Å²) in [5.74, 6) is -0.907. The van der Waals surface area contributed by atoms with E-state index in [0.29, 0.717) is 0 Å². The maximum absolute atomic E-state index is 14.1. The molecule has 21 heavy (non-hydrogen) atoms. The Balaban J connectivity index is 3.46. The van der Waals surface area contributed by atoms with Crippen LogP contribution in [0.15, 0.2) is 16.5 Å². The molecule has 1 atom stereocenters. The number of nitro groups is 1. The van der Waals surface area contributed by atoms with Crippen molar-refractivity contribution in [3.63, 3.8) is 0 Å². The third-order valence-electron chi connectivity index (χ3n) is 2.52. The predicted molar refractivity (Wildman–Crippen MR) is 77.9 cm³/mol. The maximum atomic E-state index is 14.1. The summed E-state index contributed by atoms with van der Waals surface area (Å²) in [6, 6.07) is 3.39. The molecule has 8 heteroatoms. The Labute approximate surface area is 124 Å². The van der Waals surface area contributed by atoms with Gasteiger partial charge in [0.1, 0.15) is 17.1 Å². The van der Waals surface area contributed by atoms with Crippen LogP contribution in [0.1, 0.15) is 38.8 Å². The highest BCUT2D eigenvalue weighted by atomic mass is 32.2. The van der Waals surface area contributed by atoms with E-state index < -0.39 is 37.7 Å². The Morgan fingerprint density at radius 1 is 1.48 bits per heavy atom. The Hall–Kier alpha value is -2.14. The van der Waals surface area contributed by atoms with Gasteiger partial charge in [-0.15, -0.1) is 0 Å². The fourth-order valence-electron chi connectivity index (χ4n) is 1.37. The van der Waals surface area contributed by atoms with Gasteiger partial charge in [-0.25, -0.2) is 8.60 Å². The van der Waals surface area contributed by atoms with E-state index in [2.05, 4.69) is 4.40 Å². The molecular weight excluding hydrogens is 297 g/mol. The summed E-state index contributed by atoms with van der Waals surface area (Å²) < 4.78 is 29.3. The highest BCUT2D eigenvalue weighted by molar-refractivity contribution is 7.85. The molecule has 112 valence electrons.